The van der Waals surface area contributed by atoms with Gasteiger partial charge in [0.25, 0.3) is 0 Å². The fourth-order valence-electron chi connectivity index (χ4n) is 6.19. The second-order valence-electron chi connectivity index (χ2n) is 10.2. The van der Waals surface area contributed by atoms with Crippen LogP contribution in [0.1, 0.15) is 106 Å². The number of fused-ring (bicyclic) bond motifs is 1. The molecule has 1 N–H and O–H groups in total. The lowest BCUT2D eigenvalue weighted by Gasteiger charge is -2.42. The molecule has 0 bridgehead atoms. The predicted molar refractivity (Wildman–Crippen MR) is 134 cm³/mol. The Balaban J connectivity index is 1.64. The number of benzene rings is 2. The minimum absolute atomic E-state index is 0.0393. The molecule has 3 heteroatoms. The molecule has 0 saturated heterocycles. The molecule has 2 aromatic rings. The summed E-state index contributed by atoms with van der Waals surface area (Å²) in [6.07, 6.45) is 12.7. The number of phenolic OH excluding ortho intramolecular Hbond substituents is 1. The van der Waals surface area contributed by atoms with E-state index in [0.29, 0.717) is 29.6 Å². The van der Waals surface area contributed by atoms with Crippen LogP contribution in [0.15, 0.2) is 42.5 Å². The standard InChI is InChI=1S/C30H40O3/c1-3-5-10-21-11-8-13-23(19-21)26-17-15-22-12-6-7-14-25(22)30(26)33-29-18-16-24(31)20-27(29)28(32)9-4-2/h6-7,12,14,16,18,20-21,23,26,30-31H,3-5,8-11,13,15,17,19H2,1-2H3. The average molecular weight is 449 g/mol. The number of rotatable bonds is 9. The third kappa shape index (κ3) is 5.62. The number of phenols is 1. The molecule has 1 saturated carbocycles. The van der Waals surface area contributed by atoms with Crippen LogP contribution in [0.4, 0.5) is 0 Å². The van der Waals surface area contributed by atoms with Gasteiger partial charge in [-0.25, -0.2) is 0 Å². The Morgan fingerprint density at radius 1 is 1.06 bits per heavy atom. The molecule has 2 aliphatic rings. The zero-order chi connectivity index (χ0) is 23.2. The fourth-order valence-corrected chi connectivity index (χ4v) is 6.19. The molecule has 0 aliphatic heterocycles. The van der Waals surface area contributed by atoms with E-state index in [1.165, 1.54) is 56.1 Å². The molecular formula is C30H40O3. The van der Waals surface area contributed by atoms with Crippen molar-refractivity contribution in [1.29, 1.82) is 0 Å². The van der Waals surface area contributed by atoms with Crippen molar-refractivity contribution in [2.24, 2.45) is 17.8 Å². The SMILES string of the molecule is CCCCC1CCCC(C2CCc3ccccc3C2Oc2ccc(O)cc2C(=O)CCC)C1. The second kappa shape index (κ2) is 11.2. The van der Waals surface area contributed by atoms with E-state index in [2.05, 4.69) is 31.2 Å². The monoisotopic (exact) mass is 448 g/mol. The van der Waals surface area contributed by atoms with Gasteiger partial charge in [-0.2, -0.15) is 0 Å². The minimum atomic E-state index is -0.0393. The van der Waals surface area contributed by atoms with E-state index in [1.54, 1.807) is 18.2 Å². The van der Waals surface area contributed by atoms with E-state index < -0.39 is 0 Å². The summed E-state index contributed by atoms with van der Waals surface area (Å²) in [6, 6.07) is 13.7. The number of ketones is 1. The normalized spacial score (nSPS) is 24.8. The summed E-state index contributed by atoms with van der Waals surface area (Å²) in [4.78, 5) is 12.8. The number of hydrogen-bond donors (Lipinski definition) is 1. The first-order chi connectivity index (χ1) is 16.1. The zero-order valence-electron chi connectivity index (χ0n) is 20.4. The Morgan fingerprint density at radius 2 is 1.91 bits per heavy atom. The first-order valence-corrected chi connectivity index (χ1v) is 13.2. The summed E-state index contributed by atoms with van der Waals surface area (Å²) in [7, 11) is 0. The Morgan fingerprint density at radius 3 is 2.73 bits per heavy atom. The molecule has 4 rings (SSSR count). The van der Waals surface area contributed by atoms with Crippen LogP contribution in [0.3, 0.4) is 0 Å². The molecule has 0 aromatic heterocycles. The Hall–Kier alpha value is -2.29. The van der Waals surface area contributed by atoms with E-state index >= 15 is 0 Å². The van der Waals surface area contributed by atoms with Gasteiger partial charge in [-0.05, 0) is 66.8 Å². The number of aromatic hydroxyl groups is 1. The van der Waals surface area contributed by atoms with E-state index in [4.69, 9.17) is 4.74 Å². The van der Waals surface area contributed by atoms with Gasteiger partial charge in [-0.15, -0.1) is 0 Å². The van der Waals surface area contributed by atoms with Crippen LogP contribution >= 0.6 is 0 Å². The number of carbonyl (C=O) groups excluding carboxylic acids is 1. The Bertz CT molecular complexity index is 934. The molecule has 4 unspecified atom stereocenters. The number of Topliss-reactive ketones (excluding diaryl/α,β-unsaturated/α-hetero) is 1. The number of ether oxygens (including phenoxy) is 1. The summed E-state index contributed by atoms with van der Waals surface area (Å²) >= 11 is 0. The lowest BCUT2D eigenvalue weighted by atomic mass is 9.67. The van der Waals surface area contributed by atoms with Gasteiger partial charge < -0.3 is 9.84 Å². The van der Waals surface area contributed by atoms with E-state index in [1.807, 2.05) is 6.92 Å². The van der Waals surface area contributed by atoms with Crippen LogP contribution in [0.5, 0.6) is 11.5 Å². The van der Waals surface area contributed by atoms with Crippen molar-refractivity contribution in [3.05, 3.63) is 59.2 Å². The van der Waals surface area contributed by atoms with Crippen molar-refractivity contribution in [2.75, 3.05) is 0 Å². The summed E-state index contributed by atoms with van der Waals surface area (Å²) in [5, 5.41) is 10.1. The number of aryl methyl sites for hydroxylation is 1. The van der Waals surface area contributed by atoms with Gasteiger partial charge in [0, 0.05) is 12.3 Å². The van der Waals surface area contributed by atoms with Crippen molar-refractivity contribution in [3.63, 3.8) is 0 Å². The minimum Gasteiger partial charge on any atom is -0.508 e. The van der Waals surface area contributed by atoms with E-state index in [0.717, 1.165) is 25.2 Å². The number of carbonyl (C=O) groups is 1. The molecule has 3 nitrogen and oxygen atoms in total. The zero-order valence-corrected chi connectivity index (χ0v) is 20.4. The van der Waals surface area contributed by atoms with Crippen LogP contribution in [-0.2, 0) is 6.42 Å². The quantitative estimate of drug-likeness (QED) is 0.395. The lowest BCUT2D eigenvalue weighted by Crippen LogP contribution is -2.33. The van der Waals surface area contributed by atoms with Gasteiger partial charge in [0.05, 0.1) is 5.56 Å². The molecule has 1 fully saturated rings. The summed E-state index contributed by atoms with van der Waals surface area (Å²) in [5.74, 6) is 2.76. The van der Waals surface area contributed by atoms with Gasteiger partial charge in [-0.3, -0.25) is 4.79 Å². The molecule has 4 atom stereocenters. The fraction of sp³-hybridized carbons (Fsp3) is 0.567. The van der Waals surface area contributed by atoms with Gasteiger partial charge >= 0.3 is 0 Å². The van der Waals surface area contributed by atoms with Crippen molar-refractivity contribution >= 4 is 5.78 Å². The van der Waals surface area contributed by atoms with Crippen molar-refractivity contribution < 1.29 is 14.6 Å². The maximum absolute atomic E-state index is 12.8. The predicted octanol–water partition coefficient (Wildman–Crippen LogP) is 8.05. The van der Waals surface area contributed by atoms with Gasteiger partial charge in [0.15, 0.2) is 5.78 Å². The smallest absolute Gasteiger partial charge is 0.166 e. The maximum atomic E-state index is 12.8. The lowest BCUT2D eigenvalue weighted by molar-refractivity contribution is 0.0505. The molecule has 0 amide bonds. The largest absolute Gasteiger partial charge is 0.508 e. The Labute approximate surface area is 199 Å². The van der Waals surface area contributed by atoms with Crippen molar-refractivity contribution in [1.82, 2.24) is 0 Å². The highest BCUT2D eigenvalue weighted by molar-refractivity contribution is 5.99. The van der Waals surface area contributed by atoms with Gasteiger partial charge in [0.2, 0.25) is 0 Å². The molecule has 178 valence electrons. The molecule has 33 heavy (non-hydrogen) atoms. The van der Waals surface area contributed by atoms with Crippen LogP contribution in [0.2, 0.25) is 0 Å². The summed E-state index contributed by atoms with van der Waals surface area (Å²) < 4.78 is 6.79. The second-order valence-corrected chi connectivity index (χ2v) is 10.2. The molecule has 2 aliphatic carbocycles. The molecule has 0 radical (unpaired) electrons. The maximum Gasteiger partial charge on any atom is 0.166 e. The van der Waals surface area contributed by atoms with Crippen LogP contribution in [0, 0.1) is 17.8 Å². The van der Waals surface area contributed by atoms with E-state index in [9.17, 15) is 9.90 Å². The van der Waals surface area contributed by atoms with Gasteiger partial charge in [-0.1, -0.05) is 76.6 Å². The third-order valence-electron chi connectivity index (χ3n) is 7.89. The van der Waals surface area contributed by atoms with Crippen molar-refractivity contribution in [2.45, 2.75) is 90.6 Å². The van der Waals surface area contributed by atoms with Crippen molar-refractivity contribution in [3.8, 4) is 11.5 Å². The third-order valence-corrected chi connectivity index (χ3v) is 7.89. The molecule has 2 aromatic carbocycles. The summed E-state index contributed by atoms with van der Waals surface area (Å²) in [5.41, 5.74) is 3.17. The summed E-state index contributed by atoms with van der Waals surface area (Å²) in [6.45, 7) is 4.30. The van der Waals surface area contributed by atoms with Crippen LogP contribution in [0.25, 0.3) is 0 Å². The number of unbranched alkanes of at least 4 members (excludes halogenated alkanes) is 1. The first-order valence-electron chi connectivity index (χ1n) is 13.2. The van der Waals surface area contributed by atoms with Gasteiger partial charge in [0.1, 0.15) is 17.6 Å². The highest BCUT2D eigenvalue weighted by atomic mass is 16.5. The Kier molecular flexibility index (Phi) is 8.11. The molecule has 0 heterocycles. The van der Waals surface area contributed by atoms with E-state index in [-0.39, 0.29) is 17.6 Å². The molecular weight excluding hydrogens is 408 g/mol. The average Bonchev–Trinajstić information content (AvgIpc) is 2.84. The highest BCUT2D eigenvalue weighted by Crippen LogP contribution is 2.48. The highest BCUT2D eigenvalue weighted by Gasteiger charge is 2.39. The number of hydrogen-bond acceptors (Lipinski definition) is 3. The molecule has 0 spiro atoms. The van der Waals surface area contributed by atoms with Crippen LogP contribution in [-0.4, -0.2) is 10.9 Å². The first kappa shape index (κ1) is 23.9. The topological polar surface area (TPSA) is 46.5 Å². The van der Waals surface area contributed by atoms with Crippen LogP contribution < -0.4 is 4.74 Å².